The molecule has 2 saturated heterocycles. The van der Waals surface area contributed by atoms with Gasteiger partial charge < -0.3 is 18.9 Å². The molecule has 0 radical (unpaired) electrons. The summed E-state index contributed by atoms with van der Waals surface area (Å²) in [4.78, 5) is 21.9. The Morgan fingerprint density at radius 1 is 1.35 bits per heavy atom. The Labute approximate surface area is 114 Å². The van der Waals surface area contributed by atoms with E-state index in [0.717, 1.165) is 0 Å². The molecule has 2 aliphatic heterocycles. The Hall–Kier alpha value is -1.59. The van der Waals surface area contributed by atoms with Crippen molar-refractivity contribution in [3.8, 4) is 0 Å². The van der Waals surface area contributed by atoms with Crippen LogP contribution in [0.2, 0.25) is 0 Å². The second kappa shape index (κ2) is 5.81. The summed E-state index contributed by atoms with van der Waals surface area (Å²) in [5.74, 6) is 0. The Bertz CT molecular complexity index is 485. The van der Waals surface area contributed by atoms with E-state index >= 15 is 0 Å². The molecule has 114 valence electrons. The van der Waals surface area contributed by atoms with Crippen molar-refractivity contribution in [3.05, 3.63) is 0 Å². The number of cyclic esters (lactones) is 2. The van der Waals surface area contributed by atoms with Crippen molar-refractivity contribution in [2.75, 3.05) is 19.8 Å². The van der Waals surface area contributed by atoms with Crippen molar-refractivity contribution >= 4 is 22.7 Å². The molecule has 11 heteroatoms. The van der Waals surface area contributed by atoms with E-state index in [1.165, 1.54) is 0 Å². The van der Waals surface area contributed by atoms with Gasteiger partial charge in [0.15, 0.2) is 12.2 Å². The van der Waals surface area contributed by atoms with Crippen molar-refractivity contribution in [2.24, 2.45) is 0 Å². The molecule has 0 aromatic carbocycles. The molecule has 2 aliphatic rings. The van der Waals surface area contributed by atoms with E-state index < -0.39 is 47.6 Å². The van der Waals surface area contributed by atoms with Crippen LogP contribution in [0.25, 0.3) is 0 Å². The highest BCUT2D eigenvalue weighted by atomic mass is 32.3. The molecular weight excluding hydrogens is 300 g/mol. The summed E-state index contributed by atoms with van der Waals surface area (Å²) in [5.41, 5.74) is 0. The van der Waals surface area contributed by atoms with Crippen LogP contribution >= 0.6 is 0 Å². The third-order valence-corrected chi connectivity index (χ3v) is 3.38. The first-order valence-electron chi connectivity index (χ1n) is 5.65. The third-order valence-electron chi connectivity index (χ3n) is 2.44. The zero-order valence-corrected chi connectivity index (χ0v) is 11.2. The van der Waals surface area contributed by atoms with Gasteiger partial charge in [-0.05, 0) is 6.92 Å². The molecule has 3 atom stereocenters. The quantitative estimate of drug-likeness (QED) is 0.640. The van der Waals surface area contributed by atoms with Crippen molar-refractivity contribution in [2.45, 2.75) is 25.2 Å². The van der Waals surface area contributed by atoms with Crippen LogP contribution in [0.15, 0.2) is 0 Å². The van der Waals surface area contributed by atoms with Crippen LogP contribution in [0.1, 0.15) is 6.92 Å². The van der Waals surface area contributed by atoms with Crippen LogP contribution in [-0.2, 0) is 37.7 Å². The van der Waals surface area contributed by atoms with E-state index in [4.69, 9.17) is 4.74 Å². The van der Waals surface area contributed by atoms with Gasteiger partial charge in [-0.2, -0.15) is 8.42 Å². The van der Waals surface area contributed by atoms with Crippen molar-refractivity contribution in [1.82, 2.24) is 0 Å². The Kier molecular flexibility index (Phi) is 4.30. The van der Waals surface area contributed by atoms with E-state index in [-0.39, 0.29) is 13.2 Å². The smallest absolute Gasteiger partial charge is 0.435 e. The first-order valence-corrected chi connectivity index (χ1v) is 6.99. The first-order chi connectivity index (χ1) is 9.41. The Morgan fingerprint density at radius 3 is 2.70 bits per heavy atom. The summed E-state index contributed by atoms with van der Waals surface area (Å²) in [7, 11) is -4.24. The molecule has 0 saturated carbocycles. The van der Waals surface area contributed by atoms with Gasteiger partial charge in [0.05, 0.1) is 6.61 Å². The van der Waals surface area contributed by atoms with E-state index in [1.54, 1.807) is 6.92 Å². The van der Waals surface area contributed by atoms with Gasteiger partial charge in [0.2, 0.25) is 0 Å². The molecule has 20 heavy (non-hydrogen) atoms. The maximum Gasteiger partial charge on any atom is 0.508 e. The minimum absolute atomic E-state index is 0.108. The summed E-state index contributed by atoms with van der Waals surface area (Å²) in [6.45, 7) is 1.07. The first kappa shape index (κ1) is 14.8. The van der Waals surface area contributed by atoms with Crippen molar-refractivity contribution < 1.29 is 45.3 Å². The van der Waals surface area contributed by atoms with E-state index in [1.807, 2.05) is 0 Å². The molecule has 0 aromatic heterocycles. The van der Waals surface area contributed by atoms with Gasteiger partial charge in [0, 0.05) is 0 Å². The fourth-order valence-electron chi connectivity index (χ4n) is 1.66. The Balaban J connectivity index is 1.97. The molecule has 10 nitrogen and oxygen atoms in total. The molecular formula is C9H12O10S. The second-order valence-electron chi connectivity index (χ2n) is 3.82. The number of ether oxygens (including phenoxy) is 4. The summed E-state index contributed by atoms with van der Waals surface area (Å²) in [5, 5.41) is 0. The lowest BCUT2D eigenvalue weighted by Gasteiger charge is -2.17. The maximum absolute atomic E-state index is 11.3. The maximum atomic E-state index is 11.3. The van der Waals surface area contributed by atoms with Crippen LogP contribution in [0.4, 0.5) is 9.59 Å². The van der Waals surface area contributed by atoms with Crippen LogP contribution < -0.4 is 0 Å². The normalized spacial score (nSPS) is 31.4. The summed E-state index contributed by atoms with van der Waals surface area (Å²) in [6, 6.07) is 0. The molecule has 3 unspecified atom stereocenters. The molecule has 0 aromatic rings. The second-order valence-corrected chi connectivity index (χ2v) is 5.02. The van der Waals surface area contributed by atoms with E-state index in [9.17, 15) is 18.0 Å². The standard InChI is InChI=1S/C9H12O10S/c1-2-14-8(10)15-4-6-7(19-20(12,13)18-6)5-3-16-9(11)17-5/h5-7H,2-4H2,1H3. The lowest BCUT2D eigenvalue weighted by Crippen LogP contribution is -2.39. The number of hydrogen-bond donors (Lipinski definition) is 0. The highest BCUT2D eigenvalue weighted by molar-refractivity contribution is 7.82. The summed E-state index contributed by atoms with van der Waals surface area (Å²) in [6.07, 6.45) is -5.17. The van der Waals surface area contributed by atoms with Gasteiger partial charge in [-0.15, -0.1) is 0 Å². The SMILES string of the molecule is CCOC(=O)OCC1OS(=O)(=O)OC1C1COC(=O)O1. The van der Waals surface area contributed by atoms with Crippen molar-refractivity contribution in [1.29, 1.82) is 0 Å². The highest BCUT2D eigenvalue weighted by Gasteiger charge is 2.49. The van der Waals surface area contributed by atoms with Crippen LogP contribution in [0.3, 0.4) is 0 Å². The molecule has 0 N–H and O–H groups in total. The van der Waals surface area contributed by atoms with Gasteiger partial charge in [0.1, 0.15) is 19.3 Å². The van der Waals surface area contributed by atoms with Crippen LogP contribution in [-0.4, -0.2) is 58.9 Å². The average molecular weight is 312 g/mol. The zero-order chi connectivity index (χ0) is 14.8. The monoisotopic (exact) mass is 312 g/mol. The number of hydrogen-bond acceptors (Lipinski definition) is 10. The molecule has 0 amide bonds. The van der Waals surface area contributed by atoms with Crippen LogP contribution in [0, 0.1) is 0 Å². The predicted molar refractivity (Wildman–Crippen MR) is 57.9 cm³/mol. The molecule has 0 spiro atoms. The summed E-state index contributed by atoms with van der Waals surface area (Å²) < 4.78 is 50.2. The Morgan fingerprint density at radius 2 is 2.10 bits per heavy atom. The lowest BCUT2D eigenvalue weighted by atomic mass is 10.1. The van der Waals surface area contributed by atoms with Gasteiger partial charge >= 0.3 is 22.7 Å². The molecule has 0 aliphatic carbocycles. The minimum Gasteiger partial charge on any atom is -0.435 e. The third kappa shape index (κ3) is 3.49. The molecule has 0 bridgehead atoms. The lowest BCUT2D eigenvalue weighted by molar-refractivity contribution is -0.0100. The largest absolute Gasteiger partial charge is 0.508 e. The van der Waals surface area contributed by atoms with Crippen molar-refractivity contribution in [3.63, 3.8) is 0 Å². The van der Waals surface area contributed by atoms with E-state index in [0.29, 0.717) is 0 Å². The molecule has 2 rings (SSSR count). The van der Waals surface area contributed by atoms with Crippen LogP contribution in [0.5, 0.6) is 0 Å². The highest BCUT2D eigenvalue weighted by Crippen LogP contribution is 2.27. The predicted octanol–water partition coefficient (Wildman–Crippen LogP) is -0.276. The minimum atomic E-state index is -4.24. The fourth-order valence-corrected chi connectivity index (χ4v) is 2.70. The zero-order valence-electron chi connectivity index (χ0n) is 10.3. The topological polar surface area (TPSA) is 124 Å². The van der Waals surface area contributed by atoms with Gasteiger partial charge in [0.25, 0.3) is 0 Å². The fraction of sp³-hybridized carbons (Fsp3) is 0.778. The van der Waals surface area contributed by atoms with E-state index in [2.05, 4.69) is 22.6 Å². The number of carbonyl (C=O) groups is 2. The number of carbonyl (C=O) groups excluding carboxylic acids is 2. The molecule has 2 fully saturated rings. The average Bonchev–Trinajstić information content (AvgIpc) is 2.90. The number of rotatable bonds is 4. The van der Waals surface area contributed by atoms with Gasteiger partial charge in [-0.25, -0.2) is 18.0 Å². The van der Waals surface area contributed by atoms with Gasteiger partial charge in [-0.3, -0.25) is 0 Å². The van der Waals surface area contributed by atoms with Gasteiger partial charge in [-0.1, -0.05) is 0 Å². The molecule has 2 heterocycles. The summed E-state index contributed by atoms with van der Waals surface area (Å²) >= 11 is 0.